The van der Waals surface area contributed by atoms with Crippen molar-refractivity contribution in [3.05, 3.63) is 12.2 Å². The number of unbranched alkanes of at least 4 members (excludes halogenated alkanes) is 1. The van der Waals surface area contributed by atoms with Crippen molar-refractivity contribution in [2.75, 3.05) is 0 Å². The fourth-order valence-electron chi connectivity index (χ4n) is 2.76. The Bertz CT molecular complexity index is 181. The van der Waals surface area contributed by atoms with E-state index in [2.05, 4.69) is 19.1 Å². The van der Waals surface area contributed by atoms with Crippen LogP contribution in [0.4, 0.5) is 0 Å². The lowest BCUT2D eigenvalue weighted by Gasteiger charge is -2.28. The Morgan fingerprint density at radius 2 is 1.92 bits per heavy atom. The summed E-state index contributed by atoms with van der Waals surface area (Å²) >= 11 is 0. The second-order valence-corrected chi connectivity index (χ2v) is 4.27. The molecule has 0 spiro atoms. The van der Waals surface area contributed by atoms with Crippen LogP contribution in [0.1, 0.15) is 39.0 Å². The molecule has 2 rings (SSSR count). The van der Waals surface area contributed by atoms with Gasteiger partial charge in [-0.25, -0.2) is 0 Å². The lowest BCUT2D eigenvalue weighted by atomic mass is 9.85. The first-order valence-electron chi connectivity index (χ1n) is 5.18. The van der Waals surface area contributed by atoms with Crippen molar-refractivity contribution >= 4 is 0 Å². The molecule has 0 aromatic rings. The molecule has 1 nitrogen and oxygen atoms in total. The molecule has 0 amide bonds. The van der Waals surface area contributed by atoms with Gasteiger partial charge in [-0.1, -0.05) is 31.9 Å². The number of aliphatic hydroxyl groups is 1. The lowest BCUT2D eigenvalue weighted by Crippen LogP contribution is -2.34. The zero-order valence-corrected chi connectivity index (χ0v) is 7.79. The highest BCUT2D eigenvalue weighted by molar-refractivity contribution is 5.19. The molecule has 3 atom stereocenters. The molecule has 2 bridgehead atoms. The molecule has 2 aliphatic carbocycles. The van der Waals surface area contributed by atoms with Gasteiger partial charge in [0, 0.05) is 11.8 Å². The van der Waals surface area contributed by atoms with Crippen LogP contribution in [0.25, 0.3) is 0 Å². The summed E-state index contributed by atoms with van der Waals surface area (Å²) in [6, 6.07) is 0. The molecule has 1 saturated carbocycles. The van der Waals surface area contributed by atoms with E-state index in [4.69, 9.17) is 0 Å². The molecule has 0 aliphatic heterocycles. The van der Waals surface area contributed by atoms with Crippen LogP contribution in [0.5, 0.6) is 0 Å². The molecule has 0 aromatic heterocycles. The smallest absolute Gasteiger partial charge is 0.0772 e. The van der Waals surface area contributed by atoms with Gasteiger partial charge in [0.15, 0.2) is 0 Å². The fourth-order valence-corrected chi connectivity index (χ4v) is 2.76. The Morgan fingerprint density at radius 3 is 2.33 bits per heavy atom. The van der Waals surface area contributed by atoms with Gasteiger partial charge < -0.3 is 5.11 Å². The Labute approximate surface area is 74.5 Å². The quantitative estimate of drug-likeness (QED) is 0.639. The molecule has 1 heteroatoms. The maximum absolute atomic E-state index is 10.4. The number of fused-ring (bicyclic) bond motifs is 2. The molecule has 0 saturated heterocycles. The molecular formula is C11H18O. The first-order valence-corrected chi connectivity index (χ1v) is 5.18. The standard InChI is InChI=1S/C11H18O/c1-2-3-8-11(12)9-4-5-10(11)7-6-9/h4-5,9-10,12H,2-3,6-8H2,1H3/t9-,10+,11?. The SMILES string of the molecule is CCCCC1(O)[C@@H]2C=C[C@H]1CC2. The van der Waals surface area contributed by atoms with E-state index in [1.807, 2.05) is 0 Å². The average Bonchev–Trinajstić information content (AvgIpc) is 2.57. The molecular weight excluding hydrogens is 148 g/mol. The van der Waals surface area contributed by atoms with Gasteiger partial charge in [-0.05, 0) is 19.3 Å². The van der Waals surface area contributed by atoms with Gasteiger partial charge in [0.2, 0.25) is 0 Å². The molecule has 1 fully saturated rings. The van der Waals surface area contributed by atoms with Crippen LogP contribution in [-0.2, 0) is 0 Å². The Morgan fingerprint density at radius 1 is 1.33 bits per heavy atom. The predicted octanol–water partition coefficient (Wildman–Crippen LogP) is 2.50. The van der Waals surface area contributed by atoms with Crippen LogP contribution in [0.2, 0.25) is 0 Å². The van der Waals surface area contributed by atoms with E-state index in [9.17, 15) is 5.11 Å². The van der Waals surface area contributed by atoms with E-state index in [1.54, 1.807) is 0 Å². The summed E-state index contributed by atoms with van der Waals surface area (Å²) < 4.78 is 0. The monoisotopic (exact) mass is 166 g/mol. The highest BCUT2D eigenvalue weighted by Gasteiger charge is 2.49. The van der Waals surface area contributed by atoms with E-state index >= 15 is 0 Å². The molecule has 68 valence electrons. The third-order valence-corrected chi connectivity index (χ3v) is 3.58. The molecule has 12 heavy (non-hydrogen) atoms. The second-order valence-electron chi connectivity index (χ2n) is 4.27. The molecule has 0 heterocycles. The molecule has 1 N–H and O–H groups in total. The van der Waals surface area contributed by atoms with Crippen molar-refractivity contribution in [2.45, 2.75) is 44.6 Å². The molecule has 1 unspecified atom stereocenters. The van der Waals surface area contributed by atoms with Crippen LogP contribution >= 0.6 is 0 Å². The van der Waals surface area contributed by atoms with E-state index in [1.165, 1.54) is 25.7 Å². The van der Waals surface area contributed by atoms with Crippen LogP contribution in [0.3, 0.4) is 0 Å². The van der Waals surface area contributed by atoms with E-state index in [-0.39, 0.29) is 5.60 Å². The normalized spacial score (nSPS) is 44.2. The highest BCUT2D eigenvalue weighted by Crippen LogP contribution is 2.49. The summed E-state index contributed by atoms with van der Waals surface area (Å²) in [5.74, 6) is 0.961. The summed E-state index contributed by atoms with van der Waals surface area (Å²) in [4.78, 5) is 0. The molecule has 2 aliphatic rings. The summed E-state index contributed by atoms with van der Waals surface area (Å²) in [5.41, 5.74) is -0.337. The minimum atomic E-state index is -0.337. The zero-order chi connectivity index (χ0) is 8.60. The summed E-state index contributed by atoms with van der Waals surface area (Å²) in [6.07, 6.45) is 10.2. The van der Waals surface area contributed by atoms with Crippen molar-refractivity contribution in [2.24, 2.45) is 11.8 Å². The van der Waals surface area contributed by atoms with Crippen molar-refractivity contribution < 1.29 is 5.11 Å². The first-order chi connectivity index (χ1) is 5.77. The average molecular weight is 166 g/mol. The van der Waals surface area contributed by atoms with Gasteiger partial charge in [0.25, 0.3) is 0 Å². The van der Waals surface area contributed by atoms with Gasteiger partial charge in [-0.2, -0.15) is 0 Å². The third-order valence-electron chi connectivity index (χ3n) is 3.58. The topological polar surface area (TPSA) is 20.2 Å². The number of hydrogen-bond acceptors (Lipinski definition) is 1. The van der Waals surface area contributed by atoms with Crippen LogP contribution < -0.4 is 0 Å². The van der Waals surface area contributed by atoms with E-state index in [0.717, 1.165) is 6.42 Å². The van der Waals surface area contributed by atoms with Crippen molar-refractivity contribution in [1.29, 1.82) is 0 Å². The Balaban J connectivity index is 2.03. The van der Waals surface area contributed by atoms with Crippen LogP contribution in [0.15, 0.2) is 12.2 Å². The van der Waals surface area contributed by atoms with Gasteiger partial charge in [0.05, 0.1) is 5.60 Å². The van der Waals surface area contributed by atoms with E-state index in [0.29, 0.717) is 11.8 Å². The predicted molar refractivity (Wildman–Crippen MR) is 49.8 cm³/mol. The van der Waals surface area contributed by atoms with Gasteiger partial charge >= 0.3 is 0 Å². The lowest BCUT2D eigenvalue weighted by molar-refractivity contribution is -0.00685. The maximum Gasteiger partial charge on any atom is 0.0772 e. The fraction of sp³-hybridized carbons (Fsp3) is 0.818. The zero-order valence-electron chi connectivity index (χ0n) is 7.79. The summed E-state index contributed by atoms with van der Waals surface area (Å²) in [5, 5.41) is 10.4. The minimum Gasteiger partial charge on any atom is -0.389 e. The summed E-state index contributed by atoms with van der Waals surface area (Å²) in [6.45, 7) is 2.19. The van der Waals surface area contributed by atoms with Crippen molar-refractivity contribution in [3.8, 4) is 0 Å². The number of hydrogen-bond donors (Lipinski definition) is 1. The van der Waals surface area contributed by atoms with Gasteiger partial charge in [-0.3, -0.25) is 0 Å². The van der Waals surface area contributed by atoms with Gasteiger partial charge in [0.1, 0.15) is 0 Å². The van der Waals surface area contributed by atoms with Crippen LogP contribution in [-0.4, -0.2) is 10.7 Å². The van der Waals surface area contributed by atoms with E-state index < -0.39 is 0 Å². The Hall–Kier alpha value is -0.300. The highest BCUT2D eigenvalue weighted by atomic mass is 16.3. The van der Waals surface area contributed by atoms with Crippen LogP contribution in [0, 0.1) is 11.8 Å². The maximum atomic E-state index is 10.4. The third kappa shape index (κ3) is 1.03. The minimum absolute atomic E-state index is 0.337. The molecule has 0 aromatic carbocycles. The first kappa shape index (κ1) is 8.31. The number of rotatable bonds is 3. The largest absolute Gasteiger partial charge is 0.389 e. The summed E-state index contributed by atoms with van der Waals surface area (Å²) in [7, 11) is 0. The Kier molecular flexibility index (Phi) is 1.99. The van der Waals surface area contributed by atoms with Crippen molar-refractivity contribution in [3.63, 3.8) is 0 Å². The van der Waals surface area contributed by atoms with Gasteiger partial charge in [-0.15, -0.1) is 0 Å². The molecule has 0 radical (unpaired) electrons. The van der Waals surface area contributed by atoms with Crippen molar-refractivity contribution in [1.82, 2.24) is 0 Å². The second kappa shape index (κ2) is 2.88.